The number of anilines is 1. The van der Waals surface area contributed by atoms with Gasteiger partial charge in [0.15, 0.2) is 0 Å². The molecule has 1 aromatic rings. The lowest BCUT2D eigenvalue weighted by atomic mass is 10.1. The highest BCUT2D eigenvalue weighted by atomic mass is 16.4. The first-order valence-electron chi connectivity index (χ1n) is 5.68. The summed E-state index contributed by atoms with van der Waals surface area (Å²) in [6, 6.07) is 4.87. The summed E-state index contributed by atoms with van der Waals surface area (Å²) in [5, 5.41) is 11.7. The van der Waals surface area contributed by atoms with Crippen LogP contribution < -0.4 is 5.32 Å². The number of nitrogens with one attached hydrogen (secondary N) is 1. The van der Waals surface area contributed by atoms with E-state index in [1.165, 1.54) is 6.07 Å². The van der Waals surface area contributed by atoms with Crippen molar-refractivity contribution < 1.29 is 14.7 Å². The highest BCUT2D eigenvalue weighted by Gasteiger charge is 2.09. The normalized spacial score (nSPS) is 10.4. The van der Waals surface area contributed by atoms with Gasteiger partial charge in [0.05, 0.1) is 5.56 Å². The lowest BCUT2D eigenvalue weighted by Gasteiger charge is -2.10. The van der Waals surface area contributed by atoms with Crippen LogP contribution in [0.2, 0.25) is 0 Å². The molecule has 0 aliphatic carbocycles. The zero-order valence-electron chi connectivity index (χ0n) is 10.9. The van der Waals surface area contributed by atoms with E-state index in [2.05, 4.69) is 5.32 Å². The smallest absolute Gasteiger partial charge is 0.336 e. The molecule has 1 amide bonds. The van der Waals surface area contributed by atoms with Crippen molar-refractivity contribution in [3.05, 3.63) is 29.3 Å². The fourth-order valence-corrected chi connectivity index (χ4v) is 1.48. The number of nitrogens with zero attached hydrogens (tertiary/aromatic N) is 1. The average Bonchev–Trinajstić information content (AvgIpc) is 2.28. The van der Waals surface area contributed by atoms with Crippen molar-refractivity contribution in [3.63, 3.8) is 0 Å². The van der Waals surface area contributed by atoms with Crippen molar-refractivity contribution in [2.75, 3.05) is 26.0 Å². The standard InChI is InChI=1S/C13H18N2O3/c1-9-4-5-10(8-11(9)13(17)18)14-12(16)6-7-15(2)3/h4-5,8H,6-7H2,1-3H3,(H,14,16)(H,17,18). The molecule has 0 radical (unpaired) electrons. The van der Waals surface area contributed by atoms with E-state index in [0.717, 1.165) is 0 Å². The van der Waals surface area contributed by atoms with Gasteiger partial charge in [-0.2, -0.15) is 0 Å². The second kappa shape index (κ2) is 6.16. The van der Waals surface area contributed by atoms with Crippen molar-refractivity contribution in [1.29, 1.82) is 0 Å². The van der Waals surface area contributed by atoms with Crippen molar-refractivity contribution in [3.8, 4) is 0 Å². The average molecular weight is 250 g/mol. The summed E-state index contributed by atoms with van der Waals surface area (Å²) in [5.74, 6) is -1.11. The largest absolute Gasteiger partial charge is 0.478 e. The molecule has 1 rings (SSSR count). The van der Waals surface area contributed by atoms with Crippen molar-refractivity contribution in [1.82, 2.24) is 4.90 Å². The molecule has 2 N–H and O–H groups in total. The van der Waals surface area contributed by atoms with Crippen LogP contribution in [0, 0.1) is 6.92 Å². The Balaban J connectivity index is 2.70. The number of hydrogen-bond acceptors (Lipinski definition) is 3. The Hall–Kier alpha value is -1.88. The molecule has 0 heterocycles. The number of carboxylic acid groups (broad SMARTS) is 1. The fourth-order valence-electron chi connectivity index (χ4n) is 1.48. The van der Waals surface area contributed by atoms with Crippen molar-refractivity contribution in [2.24, 2.45) is 0 Å². The van der Waals surface area contributed by atoms with Gasteiger partial charge in [-0.3, -0.25) is 4.79 Å². The van der Waals surface area contributed by atoms with E-state index >= 15 is 0 Å². The van der Waals surface area contributed by atoms with E-state index in [4.69, 9.17) is 5.11 Å². The van der Waals surface area contributed by atoms with E-state index in [9.17, 15) is 9.59 Å². The van der Waals surface area contributed by atoms with Gasteiger partial charge in [-0.1, -0.05) is 6.07 Å². The maximum absolute atomic E-state index is 11.6. The second-order valence-electron chi connectivity index (χ2n) is 4.44. The number of rotatable bonds is 5. The first-order valence-corrected chi connectivity index (χ1v) is 5.68. The Kier molecular flexibility index (Phi) is 4.85. The van der Waals surface area contributed by atoms with Crippen LogP contribution in [0.25, 0.3) is 0 Å². The summed E-state index contributed by atoms with van der Waals surface area (Å²) in [4.78, 5) is 24.5. The molecule has 18 heavy (non-hydrogen) atoms. The first-order chi connectivity index (χ1) is 8.40. The third kappa shape index (κ3) is 4.18. The Morgan fingerprint density at radius 3 is 2.56 bits per heavy atom. The Labute approximate surface area is 106 Å². The third-order valence-corrected chi connectivity index (χ3v) is 2.54. The van der Waals surface area contributed by atoms with Gasteiger partial charge < -0.3 is 15.3 Å². The summed E-state index contributed by atoms with van der Waals surface area (Å²) in [6.07, 6.45) is 0.378. The molecule has 0 spiro atoms. The van der Waals surface area contributed by atoms with Crippen LogP contribution in [0.1, 0.15) is 22.3 Å². The fraction of sp³-hybridized carbons (Fsp3) is 0.385. The van der Waals surface area contributed by atoms with Gasteiger partial charge in [-0.25, -0.2) is 4.79 Å². The molecule has 0 unspecified atom stereocenters. The molecule has 1 aromatic carbocycles. The number of aryl methyl sites for hydroxylation is 1. The zero-order chi connectivity index (χ0) is 13.7. The molecule has 0 bridgehead atoms. The summed E-state index contributed by atoms with van der Waals surface area (Å²) < 4.78 is 0. The Morgan fingerprint density at radius 1 is 1.33 bits per heavy atom. The number of carboxylic acids is 1. The van der Waals surface area contributed by atoms with Crippen LogP contribution in [-0.2, 0) is 4.79 Å². The molecule has 0 aliphatic rings. The zero-order valence-corrected chi connectivity index (χ0v) is 10.9. The summed E-state index contributed by atoms with van der Waals surface area (Å²) in [7, 11) is 3.78. The molecule has 0 fully saturated rings. The number of carbonyl (C=O) groups is 2. The molecule has 98 valence electrons. The molecule has 5 heteroatoms. The molecular formula is C13H18N2O3. The molecule has 0 saturated heterocycles. The van der Waals surface area contributed by atoms with Crippen LogP contribution in [0.3, 0.4) is 0 Å². The van der Waals surface area contributed by atoms with E-state index in [-0.39, 0.29) is 11.5 Å². The van der Waals surface area contributed by atoms with Gasteiger partial charge >= 0.3 is 5.97 Å². The topological polar surface area (TPSA) is 69.6 Å². The number of carbonyl (C=O) groups excluding carboxylic acids is 1. The van der Waals surface area contributed by atoms with Gasteiger partial charge in [-0.15, -0.1) is 0 Å². The molecule has 0 aliphatic heterocycles. The quantitative estimate of drug-likeness (QED) is 0.832. The number of amides is 1. The predicted molar refractivity (Wildman–Crippen MR) is 69.9 cm³/mol. The highest BCUT2D eigenvalue weighted by Crippen LogP contribution is 2.15. The number of hydrogen-bond donors (Lipinski definition) is 2. The van der Waals surface area contributed by atoms with Crippen LogP contribution in [-0.4, -0.2) is 42.5 Å². The minimum Gasteiger partial charge on any atom is -0.478 e. The summed E-state index contributed by atoms with van der Waals surface area (Å²) in [5.41, 5.74) is 1.40. The maximum atomic E-state index is 11.6. The van der Waals surface area contributed by atoms with Gasteiger partial charge in [0.25, 0.3) is 0 Å². The van der Waals surface area contributed by atoms with Crippen LogP contribution in [0.4, 0.5) is 5.69 Å². The Bertz CT molecular complexity index is 456. The first kappa shape index (κ1) is 14.2. The van der Waals surface area contributed by atoms with Crippen molar-refractivity contribution >= 4 is 17.6 Å². The SMILES string of the molecule is Cc1ccc(NC(=O)CCN(C)C)cc1C(=O)O. The molecule has 0 atom stereocenters. The highest BCUT2D eigenvalue weighted by molar-refractivity contribution is 5.94. The van der Waals surface area contributed by atoms with Crippen molar-refractivity contribution in [2.45, 2.75) is 13.3 Å². The number of benzene rings is 1. The van der Waals surface area contributed by atoms with Gasteiger partial charge in [-0.05, 0) is 38.7 Å². The van der Waals surface area contributed by atoms with E-state index in [1.54, 1.807) is 19.1 Å². The molecule has 5 nitrogen and oxygen atoms in total. The van der Waals surface area contributed by atoms with Gasteiger partial charge in [0.2, 0.25) is 5.91 Å². The minimum absolute atomic E-state index is 0.121. The Morgan fingerprint density at radius 2 is 2.00 bits per heavy atom. The summed E-state index contributed by atoms with van der Waals surface area (Å²) >= 11 is 0. The van der Waals surface area contributed by atoms with Crippen LogP contribution >= 0.6 is 0 Å². The second-order valence-corrected chi connectivity index (χ2v) is 4.44. The third-order valence-electron chi connectivity index (χ3n) is 2.54. The van der Waals surface area contributed by atoms with Crippen LogP contribution in [0.5, 0.6) is 0 Å². The van der Waals surface area contributed by atoms with E-state index in [1.807, 2.05) is 19.0 Å². The lowest BCUT2D eigenvalue weighted by Crippen LogP contribution is -2.21. The molecule has 0 saturated carbocycles. The predicted octanol–water partition coefficient (Wildman–Crippen LogP) is 1.58. The molecular weight excluding hydrogens is 232 g/mol. The lowest BCUT2D eigenvalue weighted by molar-refractivity contribution is -0.116. The summed E-state index contributed by atoms with van der Waals surface area (Å²) in [6.45, 7) is 2.38. The molecule has 0 aromatic heterocycles. The minimum atomic E-state index is -0.989. The van der Waals surface area contributed by atoms with E-state index < -0.39 is 5.97 Å². The monoisotopic (exact) mass is 250 g/mol. The van der Waals surface area contributed by atoms with Gasteiger partial charge in [0, 0.05) is 18.7 Å². The van der Waals surface area contributed by atoms with E-state index in [0.29, 0.717) is 24.2 Å². The van der Waals surface area contributed by atoms with Crippen LogP contribution in [0.15, 0.2) is 18.2 Å². The number of aromatic carboxylic acids is 1. The van der Waals surface area contributed by atoms with Gasteiger partial charge in [0.1, 0.15) is 0 Å². The maximum Gasteiger partial charge on any atom is 0.336 e.